The number of aliphatic hydroxyl groups excluding tert-OH is 3. The molecule has 0 aliphatic heterocycles. The number of unbranched alkanes of at least 4 members (excludes halogenated alkanes) is 8. The molecule has 16 nitrogen and oxygen atoms in total. The number of phosphoric acid groups is 2. The summed E-state index contributed by atoms with van der Waals surface area (Å²) in [6.45, 7) is 1.24. The number of Topliss-reactive ketones (excluding diaryl/α,β-unsaturated/α-hetero) is 1. The number of phosphoric ester groups is 2. The Morgan fingerprint density at radius 2 is 1.24 bits per heavy atom. The van der Waals surface area contributed by atoms with Gasteiger partial charge in [0.1, 0.15) is 18.5 Å². The maximum Gasteiger partial charge on any atom is 0.472 e. The van der Waals surface area contributed by atoms with Crippen LogP contribution in [0.2, 0.25) is 0 Å². The molecule has 0 aromatic rings. The molecule has 1 aliphatic carbocycles. The summed E-state index contributed by atoms with van der Waals surface area (Å²) in [6, 6.07) is 0. The Balaban J connectivity index is 2.53. The Hall–Kier alpha value is -2.85. The Labute approximate surface area is 393 Å². The minimum Gasteiger partial charge on any atom is -0.462 e. The van der Waals surface area contributed by atoms with Gasteiger partial charge in [0, 0.05) is 31.1 Å². The van der Waals surface area contributed by atoms with Crippen LogP contribution in [0, 0.1) is 11.8 Å². The molecule has 1 rings (SSSR count). The topological polar surface area (TPSA) is 253 Å². The quantitative estimate of drug-likeness (QED) is 0.0145. The summed E-state index contributed by atoms with van der Waals surface area (Å²) in [7, 11) is -9.79. The maximum atomic E-state index is 12.7. The van der Waals surface area contributed by atoms with Crippen LogP contribution in [0.5, 0.6) is 0 Å². The highest BCUT2D eigenvalue weighted by atomic mass is 31.2. The van der Waals surface area contributed by atoms with E-state index in [2.05, 4.69) is 83.7 Å². The molecule has 7 atom stereocenters. The smallest absolute Gasteiger partial charge is 0.462 e. The Kier molecular flexibility index (Phi) is 35.3. The highest BCUT2D eigenvalue weighted by Gasteiger charge is 2.39. The fraction of sp³-hybridized carbons (Fsp3) is 0.688. The Morgan fingerprint density at radius 3 is 1.86 bits per heavy atom. The van der Waals surface area contributed by atoms with Crippen LogP contribution in [0.25, 0.3) is 0 Å². The van der Waals surface area contributed by atoms with Crippen molar-refractivity contribution < 1.29 is 76.6 Å². The van der Waals surface area contributed by atoms with E-state index in [0.29, 0.717) is 38.5 Å². The van der Waals surface area contributed by atoms with E-state index >= 15 is 0 Å². The van der Waals surface area contributed by atoms with Crippen molar-refractivity contribution in [2.45, 2.75) is 173 Å². The van der Waals surface area contributed by atoms with E-state index in [0.717, 1.165) is 77.0 Å². The minimum atomic E-state index is -4.90. The minimum absolute atomic E-state index is 0.00663. The molecule has 0 bridgehead atoms. The summed E-state index contributed by atoms with van der Waals surface area (Å²) in [5, 5.41) is 30.5. The van der Waals surface area contributed by atoms with Crippen molar-refractivity contribution >= 4 is 33.4 Å². The molecule has 6 N–H and O–H groups in total. The number of ether oxygens (including phenoxy) is 2. The van der Waals surface area contributed by atoms with Crippen LogP contribution < -0.4 is 0 Å². The number of rotatable bonds is 40. The highest BCUT2D eigenvalue weighted by molar-refractivity contribution is 7.47. The SMILES string of the molecule is CC/C=C\C/C=C\C/C=C\C/C=C\C/C=C\CCCCCC(=O)O[C@H](COC(=O)CCCCCC[C@H]1C(=O)C[C@@H](O)[C@@H]1/C=C/[C@@H](O)CCCCC)COP(=O)(O)OC[C@@H](O)COP(=O)(O)O. The average molecular weight is 975 g/mol. The van der Waals surface area contributed by atoms with E-state index in [1.807, 2.05) is 0 Å². The molecule has 0 spiro atoms. The summed E-state index contributed by atoms with van der Waals surface area (Å²) in [4.78, 5) is 65.6. The van der Waals surface area contributed by atoms with Gasteiger partial charge in [-0.05, 0) is 70.6 Å². The van der Waals surface area contributed by atoms with Crippen LogP contribution in [0.3, 0.4) is 0 Å². The lowest BCUT2D eigenvalue weighted by atomic mass is 9.88. The second-order valence-electron chi connectivity index (χ2n) is 16.4. The first kappa shape index (κ1) is 61.2. The first-order valence-corrected chi connectivity index (χ1v) is 26.8. The van der Waals surface area contributed by atoms with E-state index in [9.17, 15) is 43.7 Å². The number of hydrogen-bond acceptors (Lipinski definition) is 13. The third-order valence-electron chi connectivity index (χ3n) is 10.5. The van der Waals surface area contributed by atoms with Gasteiger partial charge in [-0.2, -0.15) is 0 Å². The fourth-order valence-electron chi connectivity index (χ4n) is 6.86. The van der Waals surface area contributed by atoms with Gasteiger partial charge in [-0.15, -0.1) is 0 Å². The summed E-state index contributed by atoms with van der Waals surface area (Å²) >= 11 is 0. The molecule has 0 aromatic heterocycles. The second-order valence-corrected chi connectivity index (χ2v) is 19.1. The lowest BCUT2D eigenvalue weighted by Gasteiger charge is -2.20. The van der Waals surface area contributed by atoms with Crippen LogP contribution >= 0.6 is 15.6 Å². The molecular formula is C48H80O16P2. The van der Waals surface area contributed by atoms with Crippen molar-refractivity contribution in [2.75, 3.05) is 26.4 Å². The van der Waals surface area contributed by atoms with Crippen LogP contribution in [-0.4, -0.2) is 98.6 Å². The first-order chi connectivity index (χ1) is 31.6. The molecule has 0 heterocycles. The van der Waals surface area contributed by atoms with E-state index in [-0.39, 0.29) is 36.9 Å². The van der Waals surface area contributed by atoms with Crippen molar-refractivity contribution in [1.29, 1.82) is 0 Å². The van der Waals surface area contributed by atoms with Crippen molar-refractivity contribution in [1.82, 2.24) is 0 Å². The van der Waals surface area contributed by atoms with Gasteiger partial charge in [-0.3, -0.25) is 28.0 Å². The molecular weight excluding hydrogens is 894 g/mol. The maximum absolute atomic E-state index is 12.7. The van der Waals surface area contributed by atoms with Crippen molar-refractivity contribution in [3.63, 3.8) is 0 Å². The molecule has 0 radical (unpaired) electrons. The van der Waals surface area contributed by atoms with E-state index in [1.165, 1.54) is 0 Å². The molecule has 1 aliphatic rings. The number of carbonyl (C=O) groups excluding carboxylic acids is 3. The number of aliphatic hydroxyl groups is 3. The van der Waals surface area contributed by atoms with Crippen molar-refractivity contribution in [2.24, 2.45) is 11.8 Å². The molecule has 18 heteroatoms. The summed E-state index contributed by atoms with van der Waals surface area (Å²) < 4.78 is 47.8. The lowest BCUT2D eigenvalue weighted by molar-refractivity contribution is -0.161. The van der Waals surface area contributed by atoms with Gasteiger partial charge < -0.3 is 39.5 Å². The Morgan fingerprint density at radius 1 is 0.682 bits per heavy atom. The average Bonchev–Trinajstić information content (AvgIpc) is 3.54. The summed E-state index contributed by atoms with van der Waals surface area (Å²) in [5.74, 6) is -1.89. The third kappa shape index (κ3) is 34.4. The van der Waals surface area contributed by atoms with Crippen LogP contribution in [0.1, 0.15) is 149 Å². The van der Waals surface area contributed by atoms with Gasteiger partial charge in [0.25, 0.3) is 0 Å². The zero-order chi connectivity index (χ0) is 48.9. The predicted molar refractivity (Wildman–Crippen MR) is 254 cm³/mol. The standard InChI is InChI=1S/C48H80O16P2/c1-3-5-7-8-9-10-11-12-13-14-15-16-17-18-19-20-21-22-28-32-48(54)64-42(39-63-66(58,59)62-37-41(50)36-61-65(55,56)57)38-60-47(53)31-27-24-23-26-30-43-44(46(52)35-45(43)51)34-33-40(49)29-25-6-4-2/h5,7,9-10,12-13,15-16,18-19,33-34,40-44,46,49-50,52H,3-4,6,8,11,14,17,20-32,35-39H2,1-2H3,(H,58,59)(H2,55,56,57)/b7-5-,10-9-,13-12-,16-15-,19-18-,34-33+/t40-,41-,42+,43+,44+,46+/m0/s1. The molecule has 1 saturated carbocycles. The number of hydrogen-bond donors (Lipinski definition) is 6. The lowest BCUT2D eigenvalue weighted by Crippen LogP contribution is -2.30. The summed E-state index contributed by atoms with van der Waals surface area (Å²) in [6.07, 6.45) is 35.0. The molecule has 1 fully saturated rings. The molecule has 0 aromatic carbocycles. The first-order valence-electron chi connectivity index (χ1n) is 23.7. The zero-order valence-electron chi connectivity index (χ0n) is 39.2. The second kappa shape index (κ2) is 38.1. The zero-order valence-corrected chi connectivity index (χ0v) is 41.0. The monoisotopic (exact) mass is 974 g/mol. The van der Waals surface area contributed by atoms with Gasteiger partial charge in [0.2, 0.25) is 0 Å². The van der Waals surface area contributed by atoms with E-state index < -0.39 is 78.4 Å². The van der Waals surface area contributed by atoms with Gasteiger partial charge >= 0.3 is 27.6 Å². The number of allylic oxidation sites excluding steroid dienone is 10. The molecule has 66 heavy (non-hydrogen) atoms. The van der Waals surface area contributed by atoms with Gasteiger partial charge in [-0.1, -0.05) is 132 Å². The largest absolute Gasteiger partial charge is 0.472 e. The molecule has 378 valence electrons. The van der Waals surface area contributed by atoms with Crippen LogP contribution in [0.15, 0.2) is 72.9 Å². The molecule has 1 unspecified atom stereocenters. The normalized spacial score (nSPS) is 19.6. The predicted octanol–water partition coefficient (Wildman–Crippen LogP) is 9.15. The van der Waals surface area contributed by atoms with Gasteiger partial charge in [0.15, 0.2) is 6.10 Å². The molecule has 0 amide bonds. The fourth-order valence-corrected chi connectivity index (χ4v) is 8.01. The van der Waals surface area contributed by atoms with Gasteiger partial charge in [0.05, 0.1) is 32.0 Å². The van der Waals surface area contributed by atoms with Crippen molar-refractivity contribution in [3.05, 3.63) is 72.9 Å². The van der Waals surface area contributed by atoms with Crippen LogP contribution in [0.4, 0.5) is 0 Å². The van der Waals surface area contributed by atoms with E-state index in [4.69, 9.17) is 23.8 Å². The highest BCUT2D eigenvalue weighted by Crippen LogP contribution is 2.44. The number of carbonyl (C=O) groups is 3. The van der Waals surface area contributed by atoms with Gasteiger partial charge in [-0.25, -0.2) is 9.13 Å². The number of esters is 2. The van der Waals surface area contributed by atoms with E-state index in [1.54, 1.807) is 12.2 Å². The summed E-state index contributed by atoms with van der Waals surface area (Å²) in [5.41, 5.74) is 0. The number of ketones is 1. The Bertz CT molecular complexity index is 1600. The molecule has 0 saturated heterocycles. The van der Waals surface area contributed by atoms with Crippen molar-refractivity contribution in [3.8, 4) is 0 Å². The third-order valence-corrected chi connectivity index (χ3v) is 11.9. The van der Waals surface area contributed by atoms with Crippen LogP contribution in [-0.2, 0) is 46.6 Å².